The van der Waals surface area contributed by atoms with Crippen LogP contribution in [0.15, 0.2) is 30.4 Å². The van der Waals surface area contributed by atoms with Crippen LogP contribution in [0.1, 0.15) is 42.1 Å². The van der Waals surface area contributed by atoms with Gasteiger partial charge in [-0.1, -0.05) is 29.8 Å². The third-order valence-corrected chi connectivity index (χ3v) is 5.28. The van der Waals surface area contributed by atoms with E-state index < -0.39 is 11.7 Å². The Bertz CT molecular complexity index is 796. The summed E-state index contributed by atoms with van der Waals surface area (Å²) in [5.41, 5.74) is -0.0988. The van der Waals surface area contributed by atoms with E-state index in [4.69, 9.17) is 16.3 Å². The van der Waals surface area contributed by atoms with E-state index in [1.54, 1.807) is 6.08 Å². The number of halogens is 1. The number of phenolic OH excluding ortho intramolecular Hbond substituents is 2. The van der Waals surface area contributed by atoms with Crippen LogP contribution in [0.25, 0.3) is 0 Å². The standard InChI is InChI=1S/C20H21ClO5/c1-11-7-13-8-12(13)5-3-2-4-6-14(22)9-15-18(20(25)26-11)16(23)10-17(24)19(15)21/h2-4,6,10-13,23-24H,5,7-9H2,1H3/b3-2-,6-4+/t11-,12?,13-/m1/s1. The molecule has 0 amide bonds. The third kappa shape index (κ3) is 4.10. The van der Waals surface area contributed by atoms with Gasteiger partial charge in [-0.2, -0.15) is 0 Å². The van der Waals surface area contributed by atoms with Gasteiger partial charge in [-0.15, -0.1) is 0 Å². The summed E-state index contributed by atoms with van der Waals surface area (Å²) >= 11 is 6.10. The predicted molar refractivity (Wildman–Crippen MR) is 97.5 cm³/mol. The molecule has 1 aromatic carbocycles. The monoisotopic (exact) mass is 376 g/mol. The van der Waals surface area contributed by atoms with Crippen molar-refractivity contribution in [1.29, 1.82) is 0 Å². The summed E-state index contributed by atoms with van der Waals surface area (Å²) in [5.74, 6) is -0.802. The van der Waals surface area contributed by atoms with Crippen LogP contribution in [0, 0.1) is 11.8 Å². The minimum absolute atomic E-state index is 0.0687. The van der Waals surface area contributed by atoms with Crippen molar-refractivity contribution in [3.63, 3.8) is 0 Å². The molecule has 26 heavy (non-hydrogen) atoms. The maximum Gasteiger partial charge on any atom is 0.342 e. The van der Waals surface area contributed by atoms with Crippen molar-refractivity contribution in [2.24, 2.45) is 11.8 Å². The van der Waals surface area contributed by atoms with Gasteiger partial charge in [0.05, 0.1) is 11.1 Å². The molecular weight excluding hydrogens is 356 g/mol. The fourth-order valence-corrected chi connectivity index (χ4v) is 3.63. The molecule has 0 radical (unpaired) electrons. The second-order valence-corrected chi connectivity index (χ2v) is 7.33. The van der Waals surface area contributed by atoms with Crippen LogP contribution in [-0.4, -0.2) is 28.1 Å². The molecule has 138 valence electrons. The average molecular weight is 377 g/mol. The van der Waals surface area contributed by atoms with E-state index in [0.717, 1.165) is 25.3 Å². The van der Waals surface area contributed by atoms with Crippen LogP contribution in [0.3, 0.4) is 0 Å². The molecule has 1 heterocycles. The molecule has 2 N–H and O–H groups in total. The number of benzene rings is 1. The lowest BCUT2D eigenvalue weighted by molar-refractivity contribution is -0.114. The lowest BCUT2D eigenvalue weighted by atomic mass is 10.00. The Balaban J connectivity index is 1.98. The summed E-state index contributed by atoms with van der Waals surface area (Å²) in [7, 11) is 0. The molecule has 0 bridgehead atoms. The van der Waals surface area contributed by atoms with Crippen molar-refractivity contribution in [2.45, 2.75) is 38.7 Å². The van der Waals surface area contributed by atoms with Gasteiger partial charge in [-0.25, -0.2) is 4.79 Å². The number of allylic oxidation sites excluding steroid dienone is 4. The van der Waals surface area contributed by atoms with Crippen molar-refractivity contribution >= 4 is 23.4 Å². The number of ether oxygens (including phenoxy) is 1. The van der Waals surface area contributed by atoms with Crippen LogP contribution >= 0.6 is 11.6 Å². The van der Waals surface area contributed by atoms with Gasteiger partial charge in [0.25, 0.3) is 0 Å². The number of aromatic hydroxyl groups is 2. The third-order valence-electron chi connectivity index (χ3n) is 4.86. The predicted octanol–water partition coefficient (Wildman–Crippen LogP) is 3.95. The molecule has 2 aliphatic rings. The number of hydrogen-bond donors (Lipinski definition) is 2. The van der Waals surface area contributed by atoms with Crippen molar-refractivity contribution < 1.29 is 24.5 Å². The summed E-state index contributed by atoms with van der Waals surface area (Å²) in [6.45, 7) is 1.81. The lowest BCUT2D eigenvalue weighted by Gasteiger charge is -2.17. The second-order valence-electron chi connectivity index (χ2n) is 6.96. The molecule has 5 nitrogen and oxygen atoms in total. The maximum atomic E-state index is 12.6. The van der Waals surface area contributed by atoms with Gasteiger partial charge in [0.2, 0.25) is 0 Å². The quantitative estimate of drug-likeness (QED) is 0.670. The minimum atomic E-state index is -0.742. The molecule has 1 aliphatic heterocycles. The maximum absolute atomic E-state index is 12.6. The molecule has 3 atom stereocenters. The van der Waals surface area contributed by atoms with E-state index in [0.29, 0.717) is 11.8 Å². The second kappa shape index (κ2) is 7.54. The molecular formula is C20H21ClO5. The highest BCUT2D eigenvalue weighted by Gasteiger charge is 2.37. The van der Waals surface area contributed by atoms with Crippen molar-refractivity contribution in [2.75, 3.05) is 0 Å². The first-order valence-electron chi connectivity index (χ1n) is 8.67. The number of fused-ring (bicyclic) bond motifs is 2. The normalized spacial score (nSPS) is 28.8. The van der Waals surface area contributed by atoms with Crippen LogP contribution < -0.4 is 0 Å². The molecule has 0 saturated heterocycles. The van der Waals surface area contributed by atoms with E-state index in [1.807, 2.05) is 19.1 Å². The van der Waals surface area contributed by atoms with Gasteiger partial charge in [-0.05, 0) is 44.1 Å². The zero-order valence-corrected chi connectivity index (χ0v) is 15.2. The van der Waals surface area contributed by atoms with Gasteiger partial charge in [-0.3, -0.25) is 4.79 Å². The Hall–Kier alpha value is -2.27. The first kappa shape index (κ1) is 18.5. The minimum Gasteiger partial charge on any atom is -0.507 e. The Labute approximate surface area is 156 Å². The number of carbonyl (C=O) groups excluding carboxylic acids is 2. The molecule has 0 aromatic heterocycles. The zero-order chi connectivity index (χ0) is 18.8. The van der Waals surface area contributed by atoms with Gasteiger partial charge in [0, 0.05) is 18.1 Å². The molecule has 1 unspecified atom stereocenters. The lowest BCUT2D eigenvalue weighted by Crippen LogP contribution is -2.18. The van der Waals surface area contributed by atoms with Crippen LogP contribution in [-0.2, 0) is 16.0 Å². The summed E-state index contributed by atoms with van der Waals surface area (Å²) < 4.78 is 5.47. The zero-order valence-electron chi connectivity index (χ0n) is 14.4. The summed E-state index contributed by atoms with van der Waals surface area (Å²) in [5, 5.41) is 19.9. The fraction of sp³-hybridized carbons (Fsp3) is 0.400. The number of rotatable bonds is 0. The first-order chi connectivity index (χ1) is 12.4. The SMILES string of the molecule is C[C@@H]1C[C@@H]2CC2C/C=C\C=C\C(=O)Cc2c(Cl)c(O)cc(O)c2C(=O)O1. The van der Waals surface area contributed by atoms with E-state index in [1.165, 1.54) is 6.08 Å². The fourth-order valence-electron chi connectivity index (χ4n) is 3.41. The van der Waals surface area contributed by atoms with Gasteiger partial charge >= 0.3 is 5.97 Å². The van der Waals surface area contributed by atoms with Gasteiger partial charge in [0.1, 0.15) is 17.1 Å². The molecule has 0 spiro atoms. The Morgan fingerprint density at radius 3 is 2.65 bits per heavy atom. The van der Waals surface area contributed by atoms with E-state index in [2.05, 4.69) is 0 Å². The summed E-state index contributed by atoms with van der Waals surface area (Å²) in [4.78, 5) is 24.8. The average Bonchev–Trinajstić information content (AvgIpc) is 3.28. The van der Waals surface area contributed by atoms with Crippen molar-refractivity contribution in [1.82, 2.24) is 0 Å². The molecule has 1 aliphatic carbocycles. The molecule has 1 aromatic rings. The van der Waals surface area contributed by atoms with Crippen LogP contribution in [0.4, 0.5) is 0 Å². The van der Waals surface area contributed by atoms with Crippen molar-refractivity contribution in [3.8, 4) is 11.5 Å². The highest BCUT2D eigenvalue weighted by molar-refractivity contribution is 6.33. The number of esters is 1. The van der Waals surface area contributed by atoms with Crippen molar-refractivity contribution in [3.05, 3.63) is 46.5 Å². The number of cyclic esters (lactones) is 1. The van der Waals surface area contributed by atoms with Crippen LogP contribution in [0.2, 0.25) is 5.02 Å². The highest BCUT2D eigenvalue weighted by atomic mass is 35.5. The van der Waals surface area contributed by atoms with Crippen LogP contribution in [0.5, 0.6) is 11.5 Å². The highest BCUT2D eigenvalue weighted by Crippen LogP contribution is 2.45. The Morgan fingerprint density at radius 1 is 1.12 bits per heavy atom. The Kier molecular flexibility index (Phi) is 5.37. The smallest absolute Gasteiger partial charge is 0.342 e. The van der Waals surface area contributed by atoms with Gasteiger partial charge < -0.3 is 14.9 Å². The largest absolute Gasteiger partial charge is 0.507 e. The van der Waals surface area contributed by atoms with E-state index in [-0.39, 0.29) is 40.2 Å². The van der Waals surface area contributed by atoms with Gasteiger partial charge in [0.15, 0.2) is 5.78 Å². The Morgan fingerprint density at radius 2 is 1.88 bits per heavy atom. The number of hydrogen-bond acceptors (Lipinski definition) is 5. The molecule has 3 rings (SSSR count). The summed E-state index contributed by atoms with van der Waals surface area (Å²) in [6.07, 6.45) is 9.13. The van der Waals surface area contributed by atoms with E-state index >= 15 is 0 Å². The first-order valence-corrected chi connectivity index (χ1v) is 9.05. The number of ketones is 1. The topological polar surface area (TPSA) is 83.8 Å². The van der Waals surface area contributed by atoms with E-state index in [9.17, 15) is 19.8 Å². The number of phenols is 2. The molecule has 1 saturated carbocycles. The molecule has 1 fully saturated rings. The molecule has 6 heteroatoms. The summed E-state index contributed by atoms with van der Waals surface area (Å²) in [6, 6.07) is 0.987. The number of carbonyl (C=O) groups is 2.